The average Bonchev–Trinajstić information content (AvgIpc) is 2.68. The Hall–Kier alpha value is -2.04. The molecule has 5 heteroatoms. The van der Waals surface area contributed by atoms with E-state index in [1.165, 1.54) is 0 Å². The normalized spacial score (nSPS) is 14.8. The fourth-order valence-corrected chi connectivity index (χ4v) is 1.41. The molecule has 2 rings (SSSR count). The number of carbonyl (C=O) groups excluding carboxylic acids is 2. The molecule has 1 aromatic rings. The first-order chi connectivity index (χ1) is 7.66. The van der Waals surface area contributed by atoms with Crippen LogP contribution in [0.5, 0.6) is 0 Å². The Labute approximate surface area is 93.0 Å². The van der Waals surface area contributed by atoms with Crippen molar-refractivity contribution in [2.24, 2.45) is 0 Å². The van der Waals surface area contributed by atoms with Gasteiger partial charge in [0.25, 0.3) is 0 Å². The molecule has 1 saturated heterocycles. The summed E-state index contributed by atoms with van der Waals surface area (Å²) in [6, 6.07) is 6.89. The summed E-state index contributed by atoms with van der Waals surface area (Å²) in [5, 5.41) is 2.63. The Morgan fingerprint density at radius 1 is 1.38 bits per heavy atom. The molecular formula is C11H12N2O3. The van der Waals surface area contributed by atoms with Crippen molar-refractivity contribution < 1.29 is 14.3 Å². The minimum atomic E-state index is -0.593. The summed E-state index contributed by atoms with van der Waals surface area (Å²) in [5.41, 5.74) is 1.77. The maximum absolute atomic E-state index is 11.6. The van der Waals surface area contributed by atoms with Crippen molar-refractivity contribution >= 4 is 17.8 Å². The predicted molar refractivity (Wildman–Crippen MR) is 58.3 cm³/mol. The average molecular weight is 220 g/mol. The number of imide groups is 1. The van der Waals surface area contributed by atoms with Crippen LogP contribution in [0.25, 0.3) is 0 Å². The molecule has 1 fully saturated rings. The van der Waals surface area contributed by atoms with Crippen molar-refractivity contribution in [1.82, 2.24) is 4.90 Å². The summed E-state index contributed by atoms with van der Waals surface area (Å²) in [4.78, 5) is 23.8. The third-order valence-electron chi connectivity index (χ3n) is 2.31. The molecule has 0 aromatic heterocycles. The fraction of sp³-hybridized carbons (Fsp3) is 0.273. The van der Waals surface area contributed by atoms with E-state index in [9.17, 15) is 9.59 Å². The SMILES string of the molecule is Cc1ccc(NC(=O)N2CCOC2=O)cc1. The highest BCUT2D eigenvalue weighted by atomic mass is 16.6. The molecule has 1 N–H and O–H groups in total. The van der Waals surface area contributed by atoms with Gasteiger partial charge in [0.1, 0.15) is 6.61 Å². The number of anilines is 1. The lowest BCUT2D eigenvalue weighted by atomic mass is 10.2. The number of nitrogens with one attached hydrogen (secondary N) is 1. The molecule has 0 saturated carbocycles. The monoisotopic (exact) mass is 220 g/mol. The number of aryl methyl sites for hydroxylation is 1. The van der Waals surface area contributed by atoms with E-state index in [0.29, 0.717) is 12.2 Å². The van der Waals surface area contributed by atoms with Crippen molar-refractivity contribution in [2.45, 2.75) is 6.92 Å². The molecule has 1 aromatic carbocycles. The summed E-state index contributed by atoms with van der Waals surface area (Å²) in [6.07, 6.45) is -0.593. The highest BCUT2D eigenvalue weighted by Crippen LogP contribution is 2.11. The molecule has 1 aliphatic rings. The van der Waals surface area contributed by atoms with Crippen molar-refractivity contribution in [3.05, 3.63) is 29.8 Å². The first-order valence-electron chi connectivity index (χ1n) is 4.99. The predicted octanol–water partition coefficient (Wildman–Crippen LogP) is 1.98. The van der Waals surface area contributed by atoms with Gasteiger partial charge in [0.2, 0.25) is 0 Å². The molecule has 0 spiro atoms. The van der Waals surface area contributed by atoms with Crippen molar-refractivity contribution in [3.63, 3.8) is 0 Å². The van der Waals surface area contributed by atoms with Gasteiger partial charge in [-0.2, -0.15) is 0 Å². The van der Waals surface area contributed by atoms with E-state index in [2.05, 4.69) is 10.1 Å². The Balaban J connectivity index is 2.02. The minimum absolute atomic E-state index is 0.264. The molecule has 1 aliphatic heterocycles. The minimum Gasteiger partial charge on any atom is -0.447 e. The molecular weight excluding hydrogens is 208 g/mol. The number of amides is 3. The smallest absolute Gasteiger partial charge is 0.418 e. The third-order valence-corrected chi connectivity index (χ3v) is 2.31. The third kappa shape index (κ3) is 2.13. The number of ether oxygens (including phenoxy) is 1. The molecule has 16 heavy (non-hydrogen) atoms. The van der Waals surface area contributed by atoms with Gasteiger partial charge in [0.05, 0.1) is 6.54 Å². The van der Waals surface area contributed by atoms with E-state index in [1.54, 1.807) is 12.1 Å². The Kier molecular flexibility index (Phi) is 2.76. The standard InChI is InChI=1S/C11H12N2O3/c1-8-2-4-9(5-3-8)12-10(14)13-6-7-16-11(13)15/h2-5H,6-7H2,1H3,(H,12,14). The van der Waals surface area contributed by atoms with E-state index in [4.69, 9.17) is 0 Å². The number of urea groups is 1. The zero-order valence-electron chi connectivity index (χ0n) is 8.90. The summed E-state index contributed by atoms with van der Waals surface area (Å²) in [6.45, 7) is 2.53. The first-order valence-corrected chi connectivity index (χ1v) is 4.99. The summed E-state index contributed by atoms with van der Waals surface area (Å²) in [5.74, 6) is 0. The van der Waals surface area contributed by atoms with E-state index >= 15 is 0 Å². The van der Waals surface area contributed by atoms with Gasteiger partial charge in [-0.3, -0.25) is 0 Å². The van der Waals surface area contributed by atoms with E-state index in [-0.39, 0.29) is 6.61 Å². The van der Waals surface area contributed by atoms with Gasteiger partial charge < -0.3 is 10.1 Å². The zero-order valence-corrected chi connectivity index (χ0v) is 8.90. The van der Waals surface area contributed by atoms with Crippen LogP contribution < -0.4 is 5.32 Å². The summed E-state index contributed by atoms with van der Waals surface area (Å²) in [7, 11) is 0. The number of hydrogen-bond donors (Lipinski definition) is 1. The molecule has 1 heterocycles. The number of benzene rings is 1. The van der Waals surface area contributed by atoms with Gasteiger partial charge in [-0.05, 0) is 19.1 Å². The van der Waals surface area contributed by atoms with Crippen LogP contribution >= 0.6 is 0 Å². The first kappa shape index (κ1) is 10.5. The lowest BCUT2D eigenvalue weighted by Crippen LogP contribution is -2.35. The van der Waals surface area contributed by atoms with Gasteiger partial charge in [-0.25, -0.2) is 14.5 Å². The van der Waals surface area contributed by atoms with Gasteiger partial charge >= 0.3 is 12.1 Å². The Morgan fingerprint density at radius 2 is 2.06 bits per heavy atom. The Bertz CT molecular complexity index is 414. The zero-order chi connectivity index (χ0) is 11.5. The molecule has 0 atom stereocenters. The van der Waals surface area contributed by atoms with Crippen LogP contribution in [0, 0.1) is 6.92 Å². The summed E-state index contributed by atoms with van der Waals surface area (Å²) >= 11 is 0. The van der Waals surface area contributed by atoms with Crippen LogP contribution in [-0.2, 0) is 4.74 Å². The number of rotatable bonds is 1. The number of carbonyl (C=O) groups is 2. The quantitative estimate of drug-likeness (QED) is 0.787. The molecule has 0 radical (unpaired) electrons. The lowest BCUT2D eigenvalue weighted by Gasteiger charge is -2.12. The maximum atomic E-state index is 11.6. The van der Waals surface area contributed by atoms with Gasteiger partial charge in [0, 0.05) is 5.69 Å². The van der Waals surface area contributed by atoms with Crippen molar-refractivity contribution in [1.29, 1.82) is 0 Å². The van der Waals surface area contributed by atoms with E-state index in [0.717, 1.165) is 10.5 Å². The topological polar surface area (TPSA) is 58.6 Å². The second-order valence-corrected chi connectivity index (χ2v) is 3.56. The Morgan fingerprint density at radius 3 is 2.62 bits per heavy atom. The highest BCUT2D eigenvalue weighted by molar-refractivity contribution is 5.99. The van der Waals surface area contributed by atoms with Crippen LogP contribution in [0.4, 0.5) is 15.3 Å². The molecule has 5 nitrogen and oxygen atoms in total. The van der Waals surface area contributed by atoms with E-state index in [1.807, 2.05) is 19.1 Å². The van der Waals surface area contributed by atoms with Crippen LogP contribution in [0.15, 0.2) is 24.3 Å². The number of hydrogen-bond acceptors (Lipinski definition) is 3. The fourth-order valence-electron chi connectivity index (χ4n) is 1.41. The van der Waals surface area contributed by atoms with Crippen molar-refractivity contribution in [3.8, 4) is 0 Å². The van der Waals surface area contributed by atoms with Crippen LogP contribution in [0.2, 0.25) is 0 Å². The van der Waals surface area contributed by atoms with Crippen molar-refractivity contribution in [2.75, 3.05) is 18.5 Å². The molecule has 0 bridgehead atoms. The van der Waals surface area contributed by atoms with Crippen LogP contribution in [-0.4, -0.2) is 30.2 Å². The molecule has 3 amide bonds. The van der Waals surface area contributed by atoms with Crippen LogP contribution in [0.1, 0.15) is 5.56 Å². The van der Waals surface area contributed by atoms with Gasteiger partial charge in [-0.1, -0.05) is 17.7 Å². The van der Waals surface area contributed by atoms with Gasteiger partial charge in [-0.15, -0.1) is 0 Å². The van der Waals surface area contributed by atoms with Gasteiger partial charge in [0.15, 0.2) is 0 Å². The highest BCUT2D eigenvalue weighted by Gasteiger charge is 2.28. The van der Waals surface area contributed by atoms with E-state index < -0.39 is 12.1 Å². The lowest BCUT2D eigenvalue weighted by molar-refractivity contribution is 0.161. The second-order valence-electron chi connectivity index (χ2n) is 3.56. The number of cyclic esters (lactones) is 1. The summed E-state index contributed by atoms with van der Waals surface area (Å²) < 4.78 is 4.67. The number of nitrogens with zero attached hydrogens (tertiary/aromatic N) is 1. The maximum Gasteiger partial charge on any atom is 0.418 e. The molecule has 84 valence electrons. The molecule has 0 unspecified atom stereocenters. The second kappa shape index (κ2) is 4.22. The van der Waals surface area contributed by atoms with Crippen LogP contribution in [0.3, 0.4) is 0 Å². The largest absolute Gasteiger partial charge is 0.447 e. The molecule has 0 aliphatic carbocycles.